The van der Waals surface area contributed by atoms with Crippen molar-refractivity contribution in [2.24, 2.45) is 0 Å². The zero-order valence-electron chi connectivity index (χ0n) is 1.59. The van der Waals surface area contributed by atoms with Crippen molar-refractivity contribution in [3.05, 3.63) is 0 Å². The van der Waals surface area contributed by atoms with Gasteiger partial charge >= 0.3 is 0 Å². The van der Waals surface area contributed by atoms with Gasteiger partial charge in [0.05, 0.1) is 0 Å². The number of hydrogen-bond acceptors (Lipinski definition) is 1. The Kier molecular flexibility index (Phi) is 341. The van der Waals surface area contributed by atoms with Crippen LogP contribution in [-0.4, -0.2) is 11.0 Å². The molecular weight excluding hydrogens is 145 g/mol. The van der Waals surface area contributed by atoms with Gasteiger partial charge in [0.25, 0.3) is 0 Å². The molecule has 0 amide bonds. The van der Waals surface area contributed by atoms with E-state index in [1.165, 1.54) is 0 Å². The van der Waals surface area contributed by atoms with E-state index in [-0.39, 0.29) is 55.9 Å². The molecule has 0 aliphatic carbocycles. The fraction of sp³-hybridized carbons (Fsp3) is 0. The van der Waals surface area contributed by atoms with E-state index in [9.17, 15) is 0 Å². The Hall–Kier alpha value is 1.41. The summed E-state index contributed by atoms with van der Waals surface area (Å²) >= 11 is 0. The van der Waals surface area contributed by atoms with E-state index in [2.05, 4.69) is 0 Å². The van der Waals surface area contributed by atoms with Crippen LogP contribution in [0.15, 0.2) is 0 Å². The summed E-state index contributed by atoms with van der Waals surface area (Å²) in [6.07, 6.45) is 0. The fourth-order valence-corrected chi connectivity index (χ4v) is 0. The summed E-state index contributed by atoms with van der Waals surface area (Å²) < 4.78 is 0. The predicted octanol–water partition coefficient (Wildman–Crippen LogP) is -1.29. The van der Waals surface area contributed by atoms with E-state index in [1.807, 2.05) is 0 Å². The van der Waals surface area contributed by atoms with Gasteiger partial charge in [-0.05, 0) is 11.0 Å². The molecule has 0 atom stereocenters. The summed E-state index contributed by atoms with van der Waals surface area (Å²) in [5.74, 6) is 0. The van der Waals surface area contributed by atoms with Crippen molar-refractivity contribution in [3.8, 4) is 0 Å². The van der Waals surface area contributed by atoms with E-state index >= 15 is 0 Å². The maximum absolute atomic E-state index is 0. The predicted molar refractivity (Wildman–Crippen MR) is 16.4 cm³/mol. The smallest absolute Gasteiger partial charge is 0 e. The van der Waals surface area contributed by atoms with Crippen LogP contribution < -0.4 is 6.15 Å². The maximum Gasteiger partial charge on any atom is 0 e. The topological polar surface area (TPSA) is 35.0 Å². The quantitative estimate of drug-likeness (QED) is 0.430. The minimum Gasteiger partial charge on any atom is -0.344 e. The van der Waals surface area contributed by atoms with Gasteiger partial charge < -0.3 is 6.15 Å². The van der Waals surface area contributed by atoms with Gasteiger partial charge in [-0.3, -0.25) is 0 Å². The summed E-state index contributed by atoms with van der Waals surface area (Å²) in [6, 6.07) is 0. The molecule has 1 radical (unpaired) electrons. The fourth-order valence-electron chi connectivity index (χ4n) is 0. The van der Waals surface area contributed by atoms with Crippen molar-refractivity contribution >= 4 is 11.0 Å². The zero-order chi connectivity index (χ0) is 0. The molecule has 0 bridgehead atoms. The number of hydrogen-bond donors (Lipinski definition) is 1. The molecule has 0 aromatic carbocycles. The first kappa shape index (κ1) is 52.9. The molecule has 0 aromatic rings. The van der Waals surface area contributed by atoms with Crippen molar-refractivity contribution in [2.45, 2.75) is 0 Å². The molecule has 0 spiro atoms. The molecule has 0 heterocycles. The first-order chi connectivity index (χ1) is 0. The molecule has 0 rings (SSSR count). The minimum atomic E-state index is 0. The van der Waals surface area contributed by atoms with Crippen LogP contribution in [0.4, 0.5) is 0 Å². The van der Waals surface area contributed by atoms with Gasteiger partial charge in [-0.1, -0.05) is 0 Å². The molecule has 0 saturated heterocycles. The molecule has 0 fully saturated rings. The van der Waals surface area contributed by atoms with Gasteiger partial charge in [-0.2, -0.15) is 0 Å². The maximum atomic E-state index is 0. The Labute approximate surface area is 55.9 Å². The van der Waals surface area contributed by atoms with Gasteiger partial charge in [0.1, 0.15) is 0 Å². The molecule has 1 nitrogen and oxygen atoms in total. The molecule has 4 heteroatoms. The second-order valence-electron chi connectivity index (χ2n) is 0. The van der Waals surface area contributed by atoms with Gasteiger partial charge in [0.2, 0.25) is 0 Å². The largest absolute Gasteiger partial charge is 0.344 e. The van der Waals surface area contributed by atoms with Crippen molar-refractivity contribution in [2.75, 3.05) is 0 Å². The third kappa shape index (κ3) is 9.96. The zero-order valence-corrected chi connectivity index (χ0v) is 4.33. The van der Waals surface area contributed by atoms with Crippen LogP contribution in [-0.2, 0) is 38.8 Å². The molecule has 3 N–H and O–H groups in total. The number of rotatable bonds is 0. The second kappa shape index (κ2) is 25.8. The van der Waals surface area contributed by atoms with Crippen LogP contribution in [0.5, 0.6) is 0 Å². The van der Waals surface area contributed by atoms with Crippen molar-refractivity contribution in [3.63, 3.8) is 0 Å². The van der Waals surface area contributed by atoms with E-state index in [0.717, 1.165) is 0 Å². The molecule has 0 aliphatic rings. The van der Waals surface area contributed by atoms with Crippen LogP contribution in [0, 0.1) is 0 Å². The molecule has 27 valence electrons. The Morgan fingerprint density at radius 1 is 1.00 bits per heavy atom. The van der Waals surface area contributed by atoms with E-state index in [0.29, 0.717) is 0 Å². The molecule has 0 aromatic heterocycles. The van der Waals surface area contributed by atoms with Gasteiger partial charge in [-0.15, -0.1) is 0 Å². The SMILES string of the molecule is N.[Mn].[SiH4].[Ti]. The van der Waals surface area contributed by atoms with Crippen LogP contribution in [0.3, 0.4) is 0 Å². The monoisotopic (exact) mass is 152 g/mol. The third-order valence-corrected chi connectivity index (χ3v) is 0. The normalized spacial score (nSPS) is 0. The molecule has 0 saturated carbocycles. The Bertz CT molecular complexity index is 8.00. The second-order valence-corrected chi connectivity index (χ2v) is 0. The summed E-state index contributed by atoms with van der Waals surface area (Å²) in [7, 11) is 0. The molecule has 0 unspecified atom stereocenters. The van der Waals surface area contributed by atoms with Crippen LogP contribution in [0.25, 0.3) is 0 Å². The first-order valence-corrected chi connectivity index (χ1v) is 0. The summed E-state index contributed by atoms with van der Waals surface area (Å²) in [5.41, 5.74) is 0. The van der Waals surface area contributed by atoms with Gasteiger partial charge in [0, 0.05) is 38.8 Å². The third-order valence-electron chi connectivity index (χ3n) is 0. The standard InChI is InChI=1S/Mn.H3N.H4Si.Ti/h;1H3;1H4;. The molecular formula is H7MnNSiTi. The van der Waals surface area contributed by atoms with E-state index in [1.54, 1.807) is 0 Å². The Balaban J connectivity index is 0. The van der Waals surface area contributed by atoms with E-state index < -0.39 is 0 Å². The van der Waals surface area contributed by atoms with Crippen molar-refractivity contribution < 1.29 is 38.8 Å². The minimum absolute atomic E-state index is 0. The van der Waals surface area contributed by atoms with Crippen LogP contribution >= 0.6 is 0 Å². The Morgan fingerprint density at radius 2 is 1.00 bits per heavy atom. The van der Waals surface area contributed by atoms with Crippen LogP contribution in [0.2, 0.25) is 0 Å². The average molecular weight is 152 g/mol. The average Bonchev–Trinajstić information content (AvgIpc) is 0. The Morgan fingerprint density at radius 3 is 1.00 bits per heavy atom. The van der Waals surface area contributed by atoms with Gasteiger partial charge in [-0.25, -0.2) is 0 Å². The summed E-state index contributed by atoms with van der Waals surface area (Å²) in [5, 5.41) is 0. The summed E-state index contributed by atoms with van der Waals surface area (Å²) in [6.45, 7) is 0. The van der Waals surface area contributed by atoms with Gasteiger partial charge in [0.15, 0.2) is 0 Å². The first-order valence-electron chi connectivity index (χ1n) is 0. The van der Waals surface area contributed by atoms with Crippen LogP contribution in [0.1, 0.15) is 0 Å². The molecule has 0 aliphatic heterocycles. The van der Waals surface area contributed by atoms with Crippen molar-refractivity contribution in [1.29, 1.82) is 0 Å². The summed E-state index contributed by atoms with van der Waals surface area (Å²) in [4.78, 5) is 0. The van der Waals surface area contributed by atoms with E-state index in [4.69, 9.17) is 0 Å². The molecule has 4 heavy (non-hydrogen) atoms. The van der Waals surface area contributed by atoms with Crippen molar-refractivity contribution in [1.82, 2.24) is 6.15 Å².